The third kappa shape index (κ3) is 2.45. The van der Waals surface area contributed by atoms with Gasteiger partial charge in [0.15, 0.2) is 10.9 Å². The van der Waals surface area contributed by atoms with Gasteiger partial charge in [-0.1, -0.05) is 19.0 Å². The van der Waals surface area contributed by atoms with E-state index in [1.165, 1.54) is 57.0 Å². The Kier molecular flexibility index (Phi) is 4.20. The summed E-state index contributed by atoms with van der Waals surface area (Å²) in [5, 5.41) is 0.655. The van der Waals surface area contributed by atoms with Crippen LogP contribution in [0.3, 0.4) is 0 Å². The number of rotatable bonds is 1. The van der Waals surface area contributed by atoms with Crippen LogP contribution in [0.15, 0.2) is 0 Å². The lowest BCUT2D eigenvalue weighted by atomic mass is 9.74. The van der Waals surface area contributed by atoms with Crippen LogP contribution in [-0.2, 0) is 4.79 Å². The van der Waals surface area contributed by atoms with Gasteiger partial charge in [-0.15, -0.1) is 0 Å². The molecule has 0 spiro atoms. The highest BCUT2D eigenvalue weighted by Crippen LogP contribution is 2.53. The van der Waals surface area contributed by atoms with Crippen LogP contribution in [0.2, 0.25) is 5.15 Å². The van der Waals surface area contributed by atoms with E-state index in [-0.39, 0.29) is 7.43 Å². The maximum atomic E-state index is 11.4. The molecule has 2 aliphatic carbocycles. The van der Waals surface area contributed by atoms with Gasteiger partial charge < -0.3 is 0 Å². The molecule has 1 aromatic heterocycles. The second-order valence-corrected chi connectivity index (χ2v) is 9.88. The average molecular weight is 395 g/mol. The molecule has 8 bridgehead atoms. The molecule has 2 saturated carbocycles. The van der Waals surface area contributed by atoms with Crippen LogP contribution in [-0.4, -0.2) is 62.6 Å². The summed E-state index contributed by atoms with van der Waals surface area (Å²) in [5.41, 5.74) is 1.08. The summed E-state index contributed by atoms with van der Waals surface area (Å²) < 4.78 is 8.51. The van der Waals surface area contributed by atoms with Crippen molar-refractivity contribution in [1.82, 2.24) is 18.5 Å². The van der Waals surface area contributed by atoms with E-state index < -0.39 is 0 Å². The largest absolute Gasteiger partial charge is 0.299 e. The molecule has 6 aliphatic heterocycles. The van der Waals surface area contributed by atoms with Crippen molar-refractivity contribution >= 4 is 29.1 Å². The first-order chi connectivity index (χ1) is 12.2. The Morgan fingerprint density at radius 3 is 2.46 bits per heavy atom. The molecule has 0 radical (unpaired) electrons. The highest BCUT2D eigenvalue weighted by molar-refractivity contribution is 6.99. The summed E-state index contributed by atoms with van der Waals surface area (Å²) >= 11 is 7.37. The molecular weight excluding hydrogens is 368 g/mol. The Bertz CT molecular complexity index is 718. The Morgan fingerprint density at radius 2 is 1.77 bits per heavy atom. The first kappa shape index (κ1) is 17.5. The smallest absolute Gasteiger partial charge is 0.166 e. The van der Waals surface area contributed by atoms with E-state index in [1.54, 1.807) is 0 Å². The number of hydrogen-bond donors (Lipinski definition) is 0. The monoisotopic (exact) mass is 394 g/mol. The maximum absolute atomic E-state index is 11.4. The zero-order valence-electron chi connectivity index (χ0n) is 14.2. The minimum Gasteiger partial charge on any atom is -0.299 e. The van der Waals surface area contributed by atoms with Gasteiger partial charge in [0.25, 0.3) is 0 Å². The topological polar surface area (TPSA) is 49.3 Å². The van der Waals surface area contributed by atoms with E-state index in [0.717, 1.165) is 36.0 Å². The third-order valence-corrected chi connectivity index (χ3v) is 8.57. The van der Waals surface area contributed by atoms with E-state index in [9.17, 15) is 4.79 Å². The molecule has 0 N–H and O–H groups in total. The second kappa shape index (κ2) is 6.23. The number of piperidine rings is 2. The normalized spacial score (nSPS) is 48.7. The number of carbonyl (C=O) groups is 1. The maximum Gasteiger partial charge on any atom is 0.166 e. The Labute approximate surface area is 164 Å². The number of carbonyl (C=O) groups excluding carboxylic acids is 1. The standard InChI is InChI=1S/C10H12ClN3S.C8H11NO.CH4/c11-10-9(12-15-13-10)8-6-1-5-2-7(8)14(3-5)4-6;10-8-6-1-5-2-7(8)9(3-5)4-6;/h5-8H,1-4H2;5-7H,1-4H2;1H4. The van der Waals surface area contributed by atoms with Gasteiger partial charge in [-0.05, 0) is 43.4 Å². The minimum atomic E-state index is 0. The molecule has 8 fully saturated rings. The van der Waals surface area contributed by atoms with Crippen molar-refractivity contribution in [3.05, 3.63) is 10.8 Å². The molecule has 142 valence electrons. The molecule has 1 aromatic rings. The van der Waals surface area contributed by atoms with E-state index in [0.29, 0.717) is 28.8 Å². The lowest BCUT2D eigenvalue weighted by Crippen LogP contribution is -2.27. The van der Waals surface area contributed by atoms with Gasteiger partial charge in [0.1, 0.15) is 0 Å². The first-order valence-electron chi connectivity index (χ1n) is 9.67. The highest BCUT2D eigenvalue weighted by Gasteiger charge is 2.54. The molecule has 8 aliphatic rings. The highest BCUT2D eigenvalue weighted by atomic mass is 35.5. The fourth-order valence-electron chi connectivity index (χ4n) is 6.86. The summed E-state index contributed by atoms with van der Waals surface area (Å²) in [5.74, 6) is 4.20. The molecule has 9 atom stereocenters. The molecule has 5 nitrogen and oxygen atoms in total. The van der Waals surface area contributed by atoms with Gasteiger partial charge in [0.05, 0.1) is 23.5 Å². The molecule has 9 unspecified atom stereocenters. The number of hydrogen-bond acceptors (Lipinski definition) is 6. The van der Waals surface area contributed by atoms with Crippen LogP contribution < -0.4 is 0 Å². The summed E-state index contributed by atoms with van der Waals surface area (Å²) in [6, 6.07) is 1.08. The first-order valence-corrected chi connectivity index (χ1v) is 10.8. The van der Waals surface area contributed by atoms with E-state index in [1.807, 2.05) is 0 Å². The molecule has 9 rings (SSSR count). The fourth-order valence-corrected chi connectivity index (χ4v) is 7.67. The number of halogens is 1. The van der Waals surface area contributed by atoms with Crippen molar-refractivity contribution in [2.75, 3.05) is 26.2 Å². The summed E-state index contributed by atoms with van der Waals surface area (Å²) in [6.07, 6.45) is 5.11. The zero-order valence-corrected chi connectivity index (χ0v) is 15.8. The Hall–Kier alpha value is -0.560. The second-order valence-electron chi connectivity index (χ2n) is 8.99. The lowest BCUT2D eigenvalue weighted by molar-refractivity contribution is -0.123. The third-order valence-electron chi connectivity index (χ3n) is 7.64. The predicted octanol–water partition coefficient (Wildman–Crippen LogP) is 2.91. The fraction of sp³-hybridized carbons (Fsp3) is 0.842. The molecule has 7 heterocycles. The average Bonchev–Trinajstić information content (AvgIpc) is 3.33. The Morgan fingerprint density at radius 1 is 0.962 bits per heavy atom. The van der Waals surface area contributed by atoms with Crippen LogP contribution in [0.1, 0.15) is 44.7 Å². The van der Waals surface area contributed by atoms with Crippen LogP contribution in [0.5, 0.6) is 0 Å². The van der Waals surface area contributed by atoms with Crippen molar-refractivity contribution in [2.24, 2.45) is 23.7 Å². The van der Waals surface area contributed by atoms with Crippen molar-refractivity contribution in [3.63, 3.8) is 0 Å². The summed E-state index contributed by atoms with van der Waals surface area (Å²) in [6.45, 7) is 4.87. The van der Waals surface area contributed by atoms with E-state index in [2.05, 4.69) is 18.5 Å². The number of ketones is 1. The van der Waals surface area contributed by atoms with Crippen LogP contribution >= 0.6 is 23.3 Å². The number of aromatic nitrogens is 2. The predicted molar refractivity (Wildman–Crippen MR) is 103 cm³/mol. The van der Waals surface area contributed by atoms with Gasteiger partial charge in [-0.3, -0.25) is 14.6 Å². The van der Waals surface area contributed by atoms with Crippen molar-refractivity contribution < 1.29 is 4.79 Å². The van der Waals surface area contributed by atoms with Crippen LogP contribution in [0.25, 0.3) is 0 Å². The molecule has 7 heteroatoms. The summed E-state index contributed by atoms with van der Waals surface area (Å²) in [7, 11) is 0. The minimum absolute atomic E-state index is 0. The molecule has 26 heavy (non-hydrogen) atoms. The zero-order chi connectivity index (χ0) is 16.7. The van der Waals surface area contributed by atoms with E-state index >= 15 is 0 Å². The molecular formula is C19H27ClN4OS. The molecule has 0 amide bonds. The van der Waals surface area contributed by atoms with Gasteiger partial charge >= 0.3 is 0 Å². The van der Waals surface area contributed by atoms with Gasteiger partial charge in [0.2, 0.25) is 0 Å². The molecule has 0 aromatic carbocycles. The van der Waals surface area contributed by atoms with Gasteiger partial charge in [-0.25, -0.2) is 0 Å². The van der Waals surface area contributed by atoms with E-state index in [4.69, 9.17) is 11.6 Å². The van der Waals surface area contributed by atoms with Crippen LogP contribution in [0, 0.1) is 23.7 Å². The quantitative estimate of drug-likeness (QED) is 0.733. The van der Waals surface area contributed by atoms with Crippen molar-refractivity contribution in [3.8, 4) is 0 Å². The number of nitrogens with zero attached hydrogens (tertiary/aromatic N) is 4. The SMILES string of the molecule is C.Clc1nsnc1C1C2CC3CC1N(C3)C2.O=C1C2CC3CC1N(C3)C2. The molecule has 6 saturated heterocycles. The van der Waals surface area contributed by atoms with Crippen molar-refractivity contribution in [2.45, 2.75) is 51.1 Å². The van der Waals surface area contributed by atoms with Crippen molar-refractivity contribution in [1.29, 1.82) is 0 Å². The number of Topliss-reactive ketones (excluding diaryl/α,β-unsaturated/α-hetero) is 1. The summed E-state index contributed by atoms with van der Waals surface area (Å²) in [4.78, 5) is 16.4. The van der Waals surface area contributed by atoms with Crippen LogP contribution in [0.4, 0.5) is 0 Å². The van der Waals surface area contributed by atoms with Gasteiger partial charge in [0, 0.05) is 44.1 Å². The Balaban J connectivity index is 0.000000119. The van der Waals surface area contributed by atoms with Gasteiger partial charge in [-0.2, -0.15) is 8.75 Å². The lowest BCUT2D eigenvalue weighted by Gasteiger charge is -2.29.